The number of hydrogen-bond acceptors (Lipinski definition) is 4. The van der Waals surface area contributed by atoms with Crippen LogP contribution in [0.5, 0.6) is 5.75 Å². The van der Waals surface area contributed by atoms with E-state index in [1.165, 1.54) is 0 Å². The number of rotatable bonds is 5. The minimum Gasteiger partial charge on any atom is -0.445 e. The zero-order valence-corrected chi connectivity index (χ0v) is 12.9. The number of carbonyl (C=O) groups excluding carboxylic acids is 2. The van der Waals surface area contributed by atoms with Gasteiger partial charge in [-0.2, -0.15) is 0 Å². The van der Waals surface area contributed by atoms with Gasteiger partial charge in [0.2, 0.25) is 5.75 Å². The average Bonchev–Trinajstić information content (AvgIpc) is 2.39. The van der Waals surface area contributed by atoms with Crippen LogP contribution >= 0.6 is 0 Å². The molecule has 0 aliphatic carbocycles. The molecule has 0 radical (unpaired) electrons. The van der Waals surface area contributed by atoms with Crippen molar-refractivity contribution in [2.45, 2.75) is 40.3 Å². The SMILES string of the molecule is CC(C)NC(=O)OCc1cc(F)c(OC(=O)C(C)C)c(F)c1. The van der Waals surface area contributed by atoms with E-state index >= 15 is 0 Å². The van der Waals surface area contributed by atoms with Crippen LogP contribution in [0.25, 0.3) is 0 Å². The number of carbonyl (C=O) groups is 2. The molecule has 1 rings (SSSR count). The molecular formula is C15H19F2NO4. The minimum absolute atomic E-state index is 0.109. The lowest BCUT2D eigenvalue weighted by molar-refractivity contribution is -0.138. The normalized spacial score (nSPS) is 10.7. The number of hydrogen-bond donors (Lipinski definition) is 1. The summed E-state index contributed by atoms with van der Waals surface area (Å²) in [5.41, 5.74) is 0.109. The Kier molecular flexibility index (Phi) is 6.27. The molecule has 0 saturated heterocycles. The van der Waals surface area contributed by atoms with Gasteiger partial charge in [-0.15, -0.1) is 0 Å². The number of nitrogens with one attached hydrogen (secondary N) is 1. The molecule has 7 heteroatoms. The quantitative estimate of drug-likeness (QED) is 0.669. The van der Waals surface area contributed by atoms with Gasteiger partial charge in [-0.1, -0.05) is 13.8 Å². The Morgan fingerprint density at radius 2 is 1.68 bits per heavy atom. The summed E-state index contributed by atoms with van der Waals surface area (Å²) in [5, 5.41) is 2.47. The van der Waals surface area contributed by atoms with Crippen LogP contribution in [0.1, 0.15) is 33.3 Å². The fraction of sp³-hybridized carbons (Fsp3) is 0.467. The first-order chi connectivity index (χ1) is 10.2. The molecule has 5 nitrogen and oxygen atoms in total. The lowest BCUT2D eigenvalue weighted by Gasteiger charge is -2.12. The number of benzene rings is 1. The van der Waals surface area contributed by atoms with Gasteiger partial charge in [-0.05, 0) is 31.5 Å². The van der Waals surface area contributed by atoms with Gasteiger partial charge in [0.1, 0.15) is 6.61 Å². The molecule has 0 saturated carbocycles. The van der Waals surface area contributed by atoms with E-state index in [1.807, 2.05) is 0 Å². The number of alkyl carbamates (subject to hydrolysis) is 1. The predicted molar refractivity (Wildman–Crippen MR) is 75.3 cm³/mol. The fourth-order valence-electron chi connectivity index (χ4n) is 1.44. The van der Waals surface area contributed by atoms with Crippen molar-refractivity contribution in [3.05, 3.63) is 29.3 Å². The summed E-state index contributed by atoms with van der Waals surface area (Å²) >= 11 is 0. The lowest BCUT2D eigenvalue weighted by Crippen LogP contribution is -2.30. The highest BCUT2D eigenvalue weighted by Crippen LogP contribution is 2.24. The van der Waals surface area contributed by atoms with E-state index in [1.54, 1.807) is 27.7 Å². The van der Waals surface area contributed by atoms with Gasteiger partial charge in [0.05, 0.1) is 5.92 Å². The molecule has 1 aromatic carbocycles. The maximum atomic E-state index is 13.8. The summed E-state index contributed by atoms with van der Waals surface area (Å²) < 4.78 is 37.1. The van der Waals surface area contributed by atoms with E-state index in [2.05, 4.69) is 10.1 Å². The van der Waals surface area contributed by atoms with E-state index in [9.17, 15) is 18.4 Å². The van der Waals surface area contributed by atoms with Crippen LogP contribution in [0.2, 0.25) is 0 Å². The summed E-state index contributed by atoms with van der Waals surface area (Å²) in [4.78, 5) is 22.7. The van der Waals surface area contributed by atoms with E-state index < -0.39 is 35.4 Å². The third-order valence-electron chi connectivity index (χ3n) is 2.51. The first-order valence-corrected chi connectivity index (χ1v) is 6.83. The molecule has 1 N–H and O–H groups in total. The Balaban J connectivity index is 2.77. The van der Waals surface area contributed by atoms with Crippen LogP contribution in [0.3, 0.4) is 0 Å². The van der Waals surface area contributed by atoms with E-state index in [0.717, 1.165) is 12.1 Å². The molecule has 0 bridgehead atoms. The molecule has 1 aromatic rings. The zero-order chi connectivity index (χ0) is 16.9. The summed E-state index contributed by atoms with van der Waals surface area (Å²) in [6.07, 6.45) is -0.689. The number of esters is 1. The van der Waals surface area contributed by atoms with Gasteiger partial charge in [-0.25, -0.2) is 13.6 Å². The van der Waals surface area contributed by atoms with Crippen LogP contribution in [-0.4, -0.2) is 18.1 Å². The van der Waals surface area contributed by atoms with Gasteiger partial charge in [0.15, 0.2) is 11.6 Å². The molecule has 0 fully saturated rings. The van der Waals surface area contributed by atoms with Crippen molar-refractivity contribution in [1.29, 1.82) is 0 Å². The third-order valence-corrected chi connectivity index (χ3v) is 2.51. The standard InChI is InChI=1S/C15H19F2NO4/c1-8(2)14(19)22-13-11(16)5-10(6-12(13)17)7-21-15(20)18-9(3)4/h5-6,8-9H,7H2,1-4H3,(H,18,20). The summed E-state index contributed by atoms with van der Waals surface area (Å²) in [5.74, 6) is -4.07. The van der Waals surface area contributed by atoms with Gasteiger partial charge >= 0.3 is 12.1 Å². The van der Waals surface area contributed by atoms with Gasteiger partial charge in [0.25, 0.3) is 0 Å². The highest BCUT2D eigenvalue weighted by atomic mass is 19.1. The molecule has 22 heavy (non-hydrogen) atoms. The van der Waals surface area contributed by atoms with Gasteiger partial charge < -0.3 is 14.8 Å². The van der Waals surface area contributed by atoms with Crippen LogP contribution in [0, 0.1) is 17.6 Å². The van der Waals surface area contributed by atoms with Crippen molar-refractivity contribution < 1.29 is 27.8 Å². The topological polar surface area (TPSA) is 64.6 Å². The average molecular weight is 315 g/mol. The maximum Gasteiger partial charge on any atom is 0.407 e. The second-order valence-electron chi connectivity index (χ2n) is 5.34. The monoisotopic (exact) mass is 315 g/mol. The summed E-state index contributed by atoms with van der Waals surface area (Å²) in [6, 6.07) is 1.79. The third kappa shape index (κ3) is 5.31. The molecule has 0 aliphatic rings. The molecule has 0 aromatic heterocycles. The smallest absolute Gasteiger partial charge is 0.407 e. The van der Waals surface area contributed by atoms with Crippen LogP contribution < -0.4 is 10.1 Å². The molecular weight excluding hydrogens is 296 g/mol. The number of halogens is 2. The van der Waals surface area contributed by atoms with Crippen molar-refractivity contribution in [1.82, 2.24) is 5.32 Å². The minimum atomic E-state index is -1.03. The zero-order valence-electron chi connectivity index (χ0n) is 12.9. The van der Waals surface area contributed by atoms with Crippen molar-refractivity contribution in [2.24, 2.45) is 5.92 Å². The molecule has 0 spiro atoms. The Morgan fingerprint density at radius 1 is 1.14 bits per heavy atom. The van der Waals surface area contributed by atoms with E-state index in [4.69, 9.17) is 4.74 Å². The molecule has 1 amide bonds. The highest BCUT2D eigenvalue weighted by Gasteiger charge is 2.19. The second-order valence-corrected chi connectivity index (χ2v) is 5.34. The summed E-state index contributed by atoms with van der Waals surface area (Å²) in [6.45, 7) is 6.29. The van der Waals surface area contributed by atoms with Gasteiger partial charge in [-0.3, -0.25) is 4.79 Å². The van der Waals surface area contributed by atoms with E-state index in [0.29, 0.717) is 0 Å². The van der Waals surface area contributed by atoms with Crippen LogP contribution in [0.4, 0.5) is 13.6 Å². The first-order valence-electron chi connectivity index (χ1n) is 6.83. The molecule has 0 unspecified atom stereocenters. The van der Waals surface area contributed by atoms with E-state index in [-0.39, 0.29) is 18.2 Å². The van der Waals surface area contributed by atoms with Crippen molar-refractivity contribution in [2.75, 3.05) is 0 Å². The molecule has 0 atom stereocenters. The molecule has 0 heterocycles. The number of amides is 1. The fourth-order valence-corrected chi connectivity index (χ4v) is 1.44. The predicted octanol–water partition coefficient (Wildman–Crippen LogP) is 3.16. The van der Waals surface area contributed by atoms with Crippen molar-refractivity contribution in [3.63, 3.8) is 0 Å². The maximum absolute atomic E-state index is 13.8. The van der Waals surface area contributed by atoms with Gasteiger partial charge in [0, 0.05) is 6.04 Å². The lowest BCUT2D eigenvalue weighted by atomic mass is 10.2. The van der Waals surface area contributed by atoms with Crippen molar-refractivity contribution >= 4 is 12.1 Å². The van der Waals surface area contributed by atoms with Crippen LogP contribution in [-0.2, 0) is 16.1 Å². The Morgan fingerprint density at radius 3 is 2.14 bits per heavy atom. The molecule has 0 aliphatic heterocycles. The van der Waals surface area contributed by atoms with Crippen molar-refractivity contribution in [3.8, 4) is 5.75 Å². The Bertz CT molecular complexity index is 535. The number of ether oxygens (including phenoxy) is 2. The summed E-state index contributed by atoms with van der Waals surface area (Å²) in [7, 11) is 0. The molecule has 122 valence electrons. The largest absolute Gasteiger partial charge is 0.445 e. The Hall–Kier alpha value is -2.18. The highest BCUT2D eigenvalue weighted by molar-refractivity contribution is 5.74. The first kappa shape index (κ1) is 17.9. The Labute approximate surface area is 127 Å². The second kappa shape index (κ2) is 7.72. The van der Waals surface area contributed by atoms with Crippen LogP contribution in [0.15, 0.2) is 12.1 Å².